The zero-order valence-electron chi connectivity index (χ0n) is 24.1. The lowest BCUT2D eigenvalue weighted by Gasteiger charge is -2.32. The van der Waals surface area contributed by atoms with Crippen molar-refractivity contribution in [2.24, 2.45) is 0 Å². The maximum absolute atomic E-state index is 12.2. The number of nitrogens with one attached hydrogen (secondary N) is 1. The minimum atomic E-state index is -0.0138. The molecule has 10 heteroatoms. The number of carbonyl (C=O) groups excluding carboxylic acids is 1. The molecule has 0 spiro atoms. The Morgan fingerprint density at radius 1 is 1.20 bits per heavy atom. The van der Waals surface area contributed by atoms with Crippen molar-refractivity contribution in [3.63, 3.8) is 0 Å². The van der Waals surface area contributed by atoms with Gasteiger partial charge >= 0.3 is 0 Å². The van der Waals surface area contributed by atoms with Crippen molar-refractivity contribution >= 4 is 34.1 Å². The zero-order chi connectivity index (χ0) is 28.8. The molecule has 0 bridgehead atoms. The van der Waals surface area contributed by atoms with Gasteiger partial charge in [-0.25, -0.2) is 5.01 Å². The van der Waals surface area contributed by atoms with Crippen molar-refractivity contribution in [3.05, 3.63) is 65.0 Å². The molecule has 214 valence electrons. The van der Waals surface area contributed by atoms with Gasteiger partial charge < -0.3 is 15.1 Å². The molecule has 2 aromatic carbocycles. The van der Waals surface area contributed by atoms with Crippen molar-refractivity contribution in [1.29, 1.82) is 0 Å². The van der Waals surface area contributed by atoms with Crippen LogP contribution in [0.25, 0.3) is 33.3 Å². The summed E-state index contributed by atoms with van der Waals surface area (Å²) in [5, 5.41) is 13.9. The second-order valence-corrected chi connectivity index (χ2v) is 11.4. The molecule has 2 aliphatic heterocycles. The molecule has 41 heavy (non-hydrogen) atoms. The van der Waals surface area contributed by atoms with Gasteiger partial charge in [-0.2, -0.15) is 10.2 Å². The summed E-state index contributed by atoms with van der Waals surface area (Å²) in [5.41, 5.74) is 12.8. The Morgan fingerprint density at radius 2 is 1.98 bits per heavy atom. The molecule has 2 aliphatic rings. The molecule has 9 nitrogen and oxygen atoms in total. The first kappa shape index (κ1) is 27.5. The molecule has 0 aliphatic carbocycles. The fourth-order valence-electron chi connectivity index (χ4n) is 6.20. The summed E-state index contributed by atoms with van der Waals surface area (Å²) in [6, 6.07) is 8.63. The molecule has 4 aromatic rings. The predicted molar refractivity (Wildman–Crippen MR) is 163 cm³/mol. The zero-order valence-corrected chi connectivity index (χ0v) is 24.8. The van der Waals surface area contributed by atoms with Crippen LogP contribution >= 0.6 is 11.6 Å². The van der Waals surface area contributed by atoms with E-state index in [0.29, 0.717) is 26.2 Å². The second-order valence-electron chi connectivity index (χ2n) is 11.0. The summed E-state index contributed by atoms with van der Waals surface area (Å²) in [4.78, 5) is 14.1. The molecule has 0 atom stereocenters. The highest BCUT2D eigenvalue weighted by Gasteiger charge is 2.31. The number of hydrogen-bond acceptors (Lipinski definition) is 6. The first-order chi connectivity index (χ1) is 19.8. The molecule has 0 unspecified atom stereocenters. The lowest BCUT2D eigenvalue weighted by Crippen LogP contribution is -2.38. The molecule has 1 N–H and O–H groups in total. The van der Waals surface area contributed by atoms with E-state index in [2.05, 4.69) is 66.0 Å². The Bertz CT molecular complexity index is 1650. The first-order valence-electron chi connectivity index (χ1n) is 14.1. The summed E-state index contributed by atoms with van der Waals surface area (Å²) in [7, 11) is 3.74. The quantitative estimate of drug-likeness (QED) is 0.290. The molecular formula is C31H36ClN7O2. The van der Waals surface area contributed by atoms with Gasteiger partial charge in [0.1, 0.15) is 5.69 Å². The average molecular weight is 574 g/mol. The van der Waals surface area contributed by atoms with Crippen LogP contribution in [0.4, 0.5) is 5.69 Å². The number of halogens is 1. The van der Waals surface area contributed by atoms with E-state index in [1.807, 2.05) is 16.6 Å². The lowest BCUT2D eigenvalue weighted by molar-refractivity contribution is -0.127. The summed E-state index contributed by atoms with van der Waals surface area (Å²) < 4.78 is 9.34. The number of benzene rings is 2. The molecule has 1 amide bonds. The summed E-state index contributed by atoms with van der Waals surface area (Å²) >= 11 is 7.14. The SMILES string of the molecule is C=CC(=O)N1CCC(n2nc(-c3ccc4nn(CCOC)cc4c3)c(-c3c(Cl)c(C)cc4c3CN(C)N4)c2C)CC1. The first-order valence-corrected chi connectivity index (χ1v) is 14.4. The number of hydrogen-bond donors (Lipinski definition) is 1. The van der Waals surface area contributed by atoms with E-state index in [9.17, 15) is 4.79 Å². The van der Waals surface area contributed by atoms with Gasteiger partial charge in [-0.05, 0) is 56.5 Å². The number of rotatable bonds is 7. The van der Waals surface area contributed by atoms with Gasteiger partial charge in [0.25, 0.3) is 0 Å². The normalized spacial score (nSPS) is 15.9. The third-order valence-corrected chi connectivity index (χ3v) is 8.79. The van der Waals surface area contributed by atoms with E-state index in [-0.39, 0.29) is 11.9 Å². The minimum absolute atomic E-state index is 0.0138. The number of piperidine rings is 1. The highest BCUT2D eigenvalue weighted by Crippen LogP contribution is 2.47. The van der Waals surface area contributed by atoms with Gasteiger partial charge in [-0.3, -0.25) is 14.2 Å². The van der Waals surface area contributed by atoms with E-state index in [0.717, 1.165) is 74.6 Å². The van der Waals surface area contributed by atoms with Gasteiger partial charge in [0, 0.05) is 73.3 Å². The van der Waals surface area contributed by atoms with Crippen LogP contribution in [0.3, 0.4) is 0 Å². The van der Waals surface area contributed by atoms with Crippen LogP contribution < -0.4 is 5.43 Å². The van der Waals surface area contributed by atoms with Crippen molar-refractivity contribution < 1.29 is 9.53 Å². The Labute approximate surface area is 245 Å². The molecule has 2 aromatic heterocycles. The van der Waals surface area contributed by atoms with E-state index >= 15 is 0 Å². The van der Waals surface area contributed by atoms with Crippen LogP contribution in [0.5, 0.6) is 0 Å². The number of aromatic nitrogens is 4. The van der Waals surface area contributed by atoms with Crippen molar-refractivity contribution in [2.75, 3.05) is 39.3 Å². The Morgan fingerprint density at radius 3 is 2.71 bits per heavy atom. The molecule has 1 saturated heterocycles. The summed E-state index contributed by atoms with van der Waals surface area (Å²) in [5.74, 6) is -0.0138. The molecule has 0 radical (unpaired) electrons. The number of carbonyl (C=O) groups is 1. The Kier molecular flexibility index (Phi) is 7.36. The highest BCUT2D eigenvalue weighted by molar-refractivity contribution is 6.34. The van der Waals surface area contributed by atoms with E-state index in [1.54, 1.807) is 7.11 Å². The van der Waals surface area contributed by atoms with Gasteiger partial charge in [0.05, 0.1) is 35.4 Å². The maximum atomic E-state index is 12.2. The van der Waals surface area contributed by atoms with E-state index in [4.69, 9.17) is 26.5 Å². The number of hydrazine groups is 1. The predicted octanol–water partition coefficient (Wildman–Crippen LogP) is 5.61. The topological polar surface area (TPSA) is 80.5 Å². The fraction of sp³-hybridized carbons (Fsp3) is 0.387. The van der Waals surface area contributed by atoms with Crippen molar-refractivity contribution in [1.82, 2.24) is 29.5 Å². The number of ether oxygens (including phenoxy) is 1. The smallest absolute Gasteiger partial charge is 0.245 e. The third-order valence-electron chi connectivity index (χ3n) is 8.31. The van der Waals surface area contributed by atoms with Gasteiger partial charge in [0.15, 0.2) is 0 Å². The Balaban J connectivity index is 1.50. The van der Waals surface area contributed by atoms with Crippen LogP contribution in [0.1, 0.15) is 35.7 Å². The number of amides is 1. The van der Waals surface area contributed by atoms with Crippen LogP contribution in [0.2, 0.25) is 5.02 Å². The standard InChI is InChI=1S/C31H36ClN7O2/c1-6-27(40)37-11-9-23(10-12-37)39-20(3)28(29-24-18-36(4)33-26(24)15-19(2)30(29)32)31(35-39)21-7-8-25-22(16-21)17-38(34-25)13-14-41-5/h6-8,15-17,23,33H,1,9-14,18H2,2-5H3. The molecule has 0 saturated carbocycles. The molecular weight excluding hydrogens is 538 g/mol. The molecule has 4 heterocycles. The minimum Gasteiger partial charge on any atom is -0.383 e. The van der Waals surface area contributed by atoms with E-state index in [1.165, 1.54) is 11.6 Å². The van der Waals surface area contributed by atoms with Crippen LogP contribution in [-0.2, 0) is 22.6 Å². The lowest BCUT2D eigenvalue weighted by atomic mass is 9.92. The summed E-state index contributed by atoms with van der Waals surface area (Å²) in [6.07, 6.45) is 5.12. The van der Waals surface area contributed by atoms with Gasteiger partial charge in [-0.1, -0.05) is 24.2 Å². The largest absolute Gasteiger partial charge is 0.383 e. The van der Waals surface area contributed by atoms with Crippen LogP contribution in [0, 0.1) is 13.8 Å². The van der Waals surface area contributed by atoms with Gasteiger partial charge in [-0.15, -0.1) is 0 Å². The summed E-state index contributed by atoms with van der Waals surface area (Å²) in [6.45, 7) is 11.2. The monoisotopic (exact) mass is 573 g/mol. The maximum Gasteiger partial charge on any atom is 0.245 e. The highest BCUT2D eigenvalue weighted by atomic mass is 35.5. The van der Waals surface area contributed by atoms with Crippen LogP contribution in [-0.4, -0.2) is 69.2 Å². The van der Waals surface area contributed by atoms with Gasteiger partial charge in [0.2, 0.25) is 5.91 Å². The average Bonchev–Trinajstić information content (AvgIpc) is 3.66. The second kappa shape index (κ2) is 11.0. The number of nitrogens with zero attached hydrogens (tertiary/aromatic N) is 6. The van der Waals surface area contributed by atoms with Crippen molar-refractivity contribution in [2.45, 2.75) is 45.8 Å². The van der Waals surface area contributed by atoms with Crippen molar-refractivity contribution in [3.8, 4) is 22.4 Å². The van der Waals surface area contributed by atoms with Crippen LogP contribution in [0.15, 0.2) is 43.1 Å². The molecule has 6 rings (SSSR count). The number of fused-ring (bicyclic) bond motifs is 2. The van der Waals surface area contributed by atoms with E-state index < -0.39 is 0 Å². The number of methoxy groups -OCH3 is 1. The fourth-order valence-corrected chi connectivity index (χ4v) is 6.46. The number of anilines is 1. The third kappa shape index (κ3) is 4.92. The number of likely N-dealkylation sites (tertiary alicyclic amines) is 1. The molecule has 1 fully saturated rings. The Hall–Kier alpha value is -3.66. The number of aryl methyl sites for hydroxylation is 1.